The highest BCUT2D eigenvalue weighted by molar-refractivity contribution is 5.67. The van der Waals surface area contributed by atoms with Crippen LogP contribution in [0.5, 0.6) is 0 Å². The smallest absolute Gasteiger partial charge is 0.407 e. The van der Waals surface area contributed by atoms with Gasteiger partial charge in [0.1, 0.15) is 6.10 Å². The molecule has 2 N–H and O–H groups in total. The summed E-state index contributed by atoms with van der Waals surface area (Å²) < 4.78 is 30.8. The number of ether oxygens (including phenoxy) is 1. The highest BCUT2D eigenvalue weighted by Gasteiger charge is 2.36. The van der Waals surface area contributed by atoms with E-state index in [1.807, 2.05) is 0 Å². The molecule has 0 unspecified atom stereocenters. The number of amides is 1. The lowest BCUT2D eigenvalue weighted by Crippen LogP contribution is -2.34. The van der Waals surface area contributed by atoms with E-state index in [9.17, 15) is 13.6 Å². The van der Waals surface area contributed by atoms with Crippen LogP contribution in [0.2, 0.25) is 0 Å². The molecule has 0 heterocycles. The van der Waals surface area contributed by atoms with Crippen LogP contribution >= 0.6 is 0 Å². The molecule has 0 saturated heterocycles. The Labute approximate surface area is 106 Å². The van der Waals surface area contributed by atoms with Gasteiger partial charge in [-0.05, 0) is 32.6 Å². The fraction of sp³-hybridized carbons (Fsp3) is 0.917. The summed E-state index contributed by atoms with van der Waals surface area (Å²) in [6.07, 6.45) is -0.0753. The minimum Gasteiger partial charge on any atom is -0.446 e. The maximum absolute atomic E-state index is 12.9. The second kappa shape index (κ2) is 6.87. The monoisotopic (exact) mass is 265 g/mol. The lowest BCUT2D eigenvalue weighted by molar-refractivity contribution is -0.0655. The fourth-order valence-electron chi connectivity index (χ4n) is 1.91. The lowest BCUT2D eigenvalue weighted by Gasteiger charge is -2.27. The standard InChI is InChI=1S/C12H21F2NO3/c1-9(16)3-2-8-15-11(17)18-10-4-6-12(13,14)7-5-10/h9-10,16H,2-8H2,1H3,(H,15,17)/t9-/m0/s1. The largest absolute Gasteiger partial charge is 0.446 e. The quantitative estimate of drug-likeness (QED) is 0.751. The first kappa shape index (κ1) is 15.1. The van der Waals surface area contributed by atoms with Crippen LogP contribution in [0.15, 0.2) is 0 Å². The van der Waals surface area contributed by atoms with Crippen LogP contribution in [0, 0.1) is 0 Å². The molecule has 0 radical (unpaired) electrons. The highest BCUT2D eigenvalue weighted by atomic mass is 19.3. The number of alkyl halides is 2. The maximum atomic E-state index is 12.9. The zero-order valence-corrected chi connectivity index (χ0v) is 10.6. The average molecular weight is 265 g/mol. The van der Waals surface area contributed by atoms with Crippen LogP contribution in [0.1, 0.15) is 45.4 Å². The Kier molecular flexibility index (Phi) is 5.78. The van der Waals surface area contributed by atoms with Crippen LogP contribution in [-0.4, -0.2) is 35.9 Å². The van der Waals surface area contributed by atoms with Gasteiger partial charge in [-0.1, -0.05) is 0 Å². The van der Waals surface area contributed by atoms with Crippen LogP contribution in [0.4, 0.5) is 13.6 Å². The van der Waals surface area contributed by atoms with Crippen molar-refractivity contribution in [1.29, 1.82) is 0 Å². The first-order valence-corrected chi connectivity index (χ1v) is 6.39. The van der Waals surface area contributed by atoms with Crippen molar-refractivity contribution in [3.8, 4) is 0 Å². The number of hydrogen-bond donors (Lipinski definition) is 2. The van der Waals surface area contributed by atoms with Crippen molar-refractivity contribution < 1.29 is 23.4 Å². The number of nitrogens with one attached hydrogen (secondary N) is 1. The van der Waals surface area contributed by atoms with Crippen molar-refractivity contribution in [2.45, 2.75) is 63.6 Å². The summed E-state index contributed by atoms with van der Waals surface area (Å²) in [5.41, 5.74) is 0. The number of halogens is 2. The minimum atomic E-state index is -2.60. The predicted octanol–water partition coefficient (Wildman–Crippen LogP) is 2.45. The SMILES string of the molecule is C[C@H](O)CCCNC(=O)OC1CCC(F)(F)CC1. The number of carbonyl (C=O) groups excluding carboxylic acids is 1. The first-order chi connectivity index (χ1) is 8.39. The molecule has 18 heavy (non-hydrogen) atoms. The molecule has 106 valence electrons. The van der Waals surface area contributed by atoms with Gasteiger partial charge in [0.15, 0.2) is 0 Å². The molecule has 0 aliphatic heterocycles. The first-order valence-electron chi connectivity index (χ1n) is 6.39. The van der Waals surface area contributed by atoms with Crippen molar-refractivity contribution in [2.24, 2.45) is 0 Å². The van der Waals surface area contributed by atoms with Gasteiger partial charge < -0.3 is 15.2 Å². The molecule has 1 aliphatic carbocycles. The molecule has 0 spiro atoms. The summed E-state index contributed by atoms with van der Waals surface area (Å²) in [5.74, 6) is -2.60. The average Bonchev–Trinajstić information content (AvgIpc) is 2.27. The zero-order valence-electron chi connectivity index (χ0n) is 10.6. The number of rotatable bonds is 5. The van der Waals surface area contributed by atoms with E-state index in [4.69, 9.17) is 9.84 Å². The van der Waals surface area contributed by atoms with E-state index < -0.39 is 18.1 Å². The van der Waals surface area contributed by atoms with E-state index in [1.165, 1.54) is 0 Å². The molecule has 0 aromatic rings. The van der Waals surface area contributed by atoms with Crippen molar-refractivity contribution in [3.63, 3.8) is 0 Å². The van der Waals surface area contributed by atoms with E-state index in [-0.39, 0.29) is 31.8 Å². The van der Waals surface area contributed by atoms with Crippen LogP contribution in [0.25, 0.3) is 0 Å². The Bertz CT molecular complexity index is 262. The Morgan fingerprint density at radius 2 is 2.11 bits per heavy atom. The molecule has 0 aromatic heterocycles. The molecule has 1 fully saturated rings. The molecular formula is C12H21F2NO3. The third-order valence-electron chi connectivity index (χ3n) is 3.01. The van der Waals surface area contributed by atoms with Gasteiger partial charge in [-0.2, -0.15) is 0 Å². The van der Waals surface area contributed by atoms with Gasteiger partial charge in [0, 0.05) is 19.4 Å². The Morgan fingerprint density at radius 1 is 1.50 bits per heavy atom. The Morgan fingerprint density at radius 3 is 2.67 bits per heavy atom. The molecule has 1 atom stereocenters. The van der Waals surface area contributed by atoms with Crippen molar-refractivity contribution in [2.75, 3.05) is 6.54 Å². The molecular weight excluding hydrogens is 244 g/mol. The van der Waals surface area contributed by atoms with E-state index in [0.29, 0.717) is 19.4 Å². The Balaban J connectivity index is 2.10. The van der Waals surface area contributed by atoms with Gasteiger partial charge in [-0.25, -0.2) is 13.6 Å². The van der Waals surface area contributed by atoms with E-state index in [0.717, 1.165) is 0 Å². The van der Waals surface area contributed by atoms with E-state index in [2.05, 4.69) is 5.32 Å². The van der Waals surface area contributed by atoms with Gasteiger partial charge >= 0.3 is 6.09 Å². The second-order valence-electron chi connectivity index (χ2n) is 4.88. The van der Waals surface area contributed by atoms with Crippen molar-refractivity contribution in [3.05, 3.63) is 0 Å². The van der Waals surface area contributed by atoms with Crippen molar-refractivity contribution in [1.82, 2.24) is 5.32 Å². The summed E-state index contributed by atoms with van der Waals surface area (Å²) in [4.78, 5) is 11.3. The Hall–Kier alpha value is -0.910. The van der Waals surface area contributed by atoms with Crippen LogP contribution < -0.4 is 5.32 Å². The summed E-state index contributed by atoms with van der Waals surface area (Å²) in [6.45, 7) is 2.10. The maximum Gasteiger partial charge on any atom is 0.407 e. The van der Waals surface area contributed by atoms with Crippen LogP contribution in [0.3, 0.4) is 0 Å². The third-order valence-corrected chi connectivity index (χ3v) is 3.01. The normalized spacial score (nSPS) is 21.3. The lowest BCUT2D eigenvalue weighted by atomic mass is 9.94. The fourth-order valence-corrected chi connectivity index (χ4v) is 1.91. The zero-order chi connectivity index (χ0) is 13.6. The topological polar surface area (TPSA) is 58.6 Å². The third kappa shape index (κ3) is 6.14. The van der Waals surface area contributed by atoms with E-state index >= 15 is 0 Å². The number of aliphatic hydroxyl groups excluding tert-OH is 1. The highest BCUT2D eigenvalue weighted by Crippen LogP contribution is 2.34. The molecule has 0 bridgehead atoms. The van der Waals surface area contributed by atoms with Gasteiger partial charge in [0.25, 0.3) is 0 Å². The van der Waals surface area contributed by atoms with Gasteiger partial charge in [0.05, 0.1) is 6.10 Å². The summed E-state index contributed by atoms with van der Waals surface area (Å²) >= 11 is 0. The number of alkyl carbamates (subject to hydrolysis) is 1. The van der Waals surface area contributed by atoms with Gasteiger partial charge in [-0.3, -0.25) is 0 Å². The molecule has 1 amide bonds. The molecule has 1 saturated carbocycles. The second-order valence-corrected chi connectivity index (χ2v) is 4.88. The molecule has 1 rings (SSSR count). The van der Waals surface area contributed by atoms with Crippen molar-refractivity contribution >= 4 is 6.09 Å². The number of carbonyl (C=O) groups is 1. The summed E-state index contributed by atoms with van der Waals surface area (Å²) in [6, 6.07) is 0. The summed E-state index contributed by atoms with van der Waals surface area (Å²) in [5, 5.41) is 11.6. The summed E-state index contributed by atoms with van der Waals surface area (Å²) in [7, 11) is 0. The molecule has 1 aliphatic rings. The number of aliphatic hydroxyl groups is 1. The van der Waals surface area contributed by atoms with E-state index in [1.54, 1.807) is 6.92 Å². The van der Waals surface area contributed by atoms with Crippen LogP contribution in [-0.2, 0) is 4.74 Å². The number of hydrogen-bond acceptors (Lipinski definition) is 3. The molecule has 0 aromatic carbocycles. The van der Waals surface area contributed by atoms with Gasteiger partial charge in [-0.15, -0.1) is 0 Å². The minimum absolute atomic E-state index is 0.215. The van der Waals surface area contributed by atoms with Gasteiger partial charge in [0.2, 0.25) is 5.92 Å². The predicted molar refractivity (Wildman–Crippen MR) is 62.6 cm³/mol. The molecule has 4 nitrogen and oxygen atoms in total. The molecule has 6 heteroatoms.